The lowest BCUT2D eigenvalue weighted by Crippen LogP contribution is -2.07. The lowest BCUT2D eigenvalue weighted by Gasteiger charge is -2.06. The fraction of sp³-hybridized carbons (Fsp3) is 0.308. The van der Waals surface area contributed by atoms with Gasteiger partial charge in [0.15, 0.2) is 5.82 Å². The van der Waals surface area contributed by atoms with Crippen LogP contribution in [0.4, 0.5) is 4.39 Å². The summed E-state index contributed by atoms with van der Waals surface area (Å²) in [6, 6.07) is 2.90. The second-order valence-corrected chi connectivity index (χ2v) is 5.43. The maximum Gasteiger partial charge on any atom is 0.170 e. The molecular weight excluding hydrogens is 316 g/mol. The average molecular weight is 328 g/mol. The van der Waals surface area contributed by atoms with Gasteiger partial charge in [-0.1, -0.05) is 11.6 Å². The molecule has 0 aliphatic rings. The van der Waals surface area contributed by atoms with Gasteiger partial charge in [0, 0.05) is 25.4 Å². The topological polar surface area (TPSA) is 48.5 Å². The molecule has 2 heterocycles. The normalized spacial score (nSPS) is 11.4. The summed E-state index contributed by atoms with van der Waals surface area (Å²) in [6.45, 7) is 0.436. The Bertz CT molecular complexity index is 795. The number of imidazole rings is 1. The predicted molar refractivity (Wildman–Crippen MR) is 79.2 cm³/mol. The summed E-state index contributed by atoms with van der Waals surface area (Å²) in [7, 11) is 1.80. The van der Waals surface area contributed by atoms with Gasteiger partial charge in [-0.2, -0.15) is 5.10 Å². The highest BCUT2D eigenvalue weighted by Crippen LogP contribution is 2.24. The molecule has 0 amide bonds. The first kappa shape index (κ1) is 14.3. The average Bonchev–Trinajstić information content (AvgIpc) is 2.97. The molecule has 0 spiro atoms. The van der Waals surface area contributed by atoms with Crippen LogP contribution >= 0.6 is 23.2 Å². The highest BCUT2D eigenvalue weighted by atomic mass is 35.5. The van der Waals surface area contributed by atoms with Gasteiger partial charge in [-0.15, -0.1) is 11.6 Å². The smallest absolute Gasteiger partial charge is 0.170 e. The van der Waals surface area contributed by atoms with E-state index in [0.717, 1.165) is 11.3 Å². The van der Waals surface area contributed by atoms with Crippen LogP contribution in [0.2, 0.25) is 5.02 Å². The molecule has 2 aromatic heterocycles. The maximum atomic E-state index is 13.6. The molecule has 1 aromatic carbocycles. The molecule has 110 valence electrons. The molecule has 21 heavy (non-hydrogen) atoms. The van der Waals surface area contributed by atoms with Gasteiger partial charge in [-0.05, 0) is 6.07 Å². The van der Waals surface area contributed by atoms with Crippen LogP contribution in [0.25, 0.3) is 11.0 Å². The Hall–Kier alpha value is -1.66. The number of aromatic nitrogens is 5. The zero-order valence-corrected chi connectivity index (χ0v) is 12.7. The number of fused-ring (bicyclic) bond motifs is 1. The van der Waals surface area contributed by atoms with Crippen LogP contribution < -0.4 is 0 Å². The molecule has 0 saturated heterocycles. The molecule has 0 saturated carbocycles. The third kappa shape index (κ3) is 2.73. The first-order valence-corrected chi connectivity index (χ1v) is 7.24. The van der Waals surface area contributed by atoms with Crippen LogP contribution in [-0.4, -0.2) is 30.2 Å². The minimum absolute atomic E-state index is 0.0649. The molecule has 8 heteroatoms. The Morgan fingerprint density at radius 3 is 2.81 bits per heavy atom. The number of rotatable bonds is 4. The van der Waals surface area contributed by atoms with Crippen molar-refractivity contribution in [2.24, 2.45) is 7.05 Å². The van der Waals surface area contributed by atoms with Crippen molar-refractivity contribution >= 4 is 34.2 Å². The van der Waals surface area contributed by atoms with Gasteiger partial charge in [0.25, 0.3) is 0 Å². The van der Waals surface area contributed by atoms with Gasteiger partial charge < -0.3 is 4.57 Å². The number of nitrogens with zero attached hydrogens (tertiary/aromatic N) is 5. The SMILES string of the molecule is Cn1cnc(Cn2c(CCCl)nc3cc(F)c(Cl)cc32)n1. The summed E-state index contributed by atoms with van der Waals surface area (Å²) in [6.07, 6.45) is 2.20. The van der Waals surface area contributed by atoms with E-state index in [1.165, 1.54) is 6.07 Å². The minimum Gasteiger partial charge on any atom is -0.320 e. The maximum absolute atomic E-state index is 13.6. The Morgan fingerprint density at radius 1 is 1.33 bits per heavy atom. The third-order valence-corrected chi connectivity index (χ3v) is 3.61. The molecule has 3 aromatic rings. The van der Waals surface area contributed by atoms with E-state index in [9.17, 15) is 4.39 Å². The van der Waals surface area contributed by atoms with Crippen molar-refractivity contribution in [2.45, 2.75) is 13.0 Å². The molecule has 0 unspecified atom stereocenters. The monoisotopic (exact) mass is 327 g/mol. The number of hydrogen-bond donors (Lipinski definition) is 0. The van der Waals surface area contributed by atoms with E-state index >= 15 is 0 Å². The molecule has 5 nitrogen and oxygen atoms in total. The molecular formula is C13H12Cl2FN5. The molecule has 0 N–H and O–H groups in total. The zero-order valence-electron chi connectivity index (χ0n) is 11.2. The van der Waals surface area contributed by atoms with E-state index in [0.29, 0.717) is 30.2 Å². The van der Waals surface area contributed by atoms with Crippen LogP contribution in [0, 0.1) is 5.82 Å². The summed E-state index contributed by atoms with van der Waals surface area (Å²) in [5.74, 6) is 1.35. The number of aryl methyl sites for hydroxylation is 2. The van der Waals surface area contributed by atoms with Gasteiger partial charge in [0.05, 0.1) is 22.6 Å². The van der Waals surface area contributed by atoms with Gasteiger partial charge in [-0.3, -0.25) is 4.68 Å². The van der Waals surface area contributed by atoms with E-state index in [2.05, 4.69) is 15.1 Å². The molecule has 0 aliphatic carbocycles. The molecule has 0 fully saturated rings. The standard InChI is InChI=1S/C13H12Cl2FN5/c1-20-7-17-12(19-20)6-21-11-4-8(15)9(16)5-10(11)18-13(21)2-3-14/h4-5,7H,2-3,6H2,1H3. The summed E-state index contributed by atoms with van der Waals surface area (Å²) in [5, 5.41) is 4.32. The first-order valence-electron chi connectivity index (χ1n) is 6.33. The molecule has 0 atom stereocenters. The van der Waals surface area contributed by atoms with Gasteiger partial charge in [0.2, 0.25) is 0 Å². The molecule has 3 rings (SSSR count). The van der Waals surface area contributed by atoms with Crippen molar-refractivity contribution in [3.63, 3.8) is 0 Å². The van der Waals surface area contributed by atoms with Gasteiger partial charge >= 0.3 is 0 Å². The number of halogens is 3. The van der Waals surface area contributed by atoms with E-state index in [1.54, 1.807) is 24.1 Å². The van der Waals surface area contributed by atoms with Gasteiger partial charge in [-0.25, -0.2) is 14.4 Å². The lowest BCUT2D eigenvalue weighted by molar-refractivity contribution is 0.629. The number of alkyl halides is 1. The van der Waals surface area contributed by atoms with E-state index in [-0.39, 0.29) is 5.02 Å². The van der Waals surface area contributed by atoms with Crippen LogP contribution in [0.5, 0.6) is 0 Å². The highest BCUT2D eigenvalue weighted by Gasteiger charge is 2.15. The van der Waals surface area contributed by atoms with E-state index in [1.807, 2.05) is 4.57 Å². The second kappa shape index (κ2) is 5.61. The fourth-order valence-corrected chi connectivity index (χ4v) is 2.55. The van der Waals surface area contributed by atoms with E-state index in [4.69, 9.17) is 23.2 Å². The fourth-order valence-electron chi connectivity index (χ4n) is 2.22. The largest absolute Gasteiger partial charge is 0.320 e. The van der Waals surface area contributed by atoms with Crippen molar-refractivity contribution in [1.82, 2.24) is 24.3 Å². The van der Waals surface area contributed by atoms with E-state index < -0.39 is 5.82 Å². The van der Waals surface area contributed by atoms with Gasteiger partial charge in [0.1, 0.15) is 18.0 Å². The van der Waals surface area contributed by atoms with Crippen LogP contribution in [0.15, 0.2) is 18.5 Å². The lowest BCUT2D eigenvalue weighted by atomic mass is 10.3. The van der Waals surface area contributed by atoms with Crippen LogP contribution in [0.3, 0.4) is 0 Å². The molecule has 0 radical (unpaired) electrons. The second-order valence-electron chi connectivity index (χ2n) is 4.64. The molecule has 0 aliphatic heterocycles. The quantitative estimate of drug-likeness (QED) is 0.692. The Kier molecular flexibility index (Phi) is 3.82. The van der Waals surface area contributed by atoms with Crippen molar-refractivity contribution in [2.75, 3.05) is 5.88 Å². The van der Waals surface area contributed by atoms with Crippen molar-refractivity contribution in [3.8, 4) is 0 Å². The van der Waals surface area contributed by atoms with Crippen molar-refractivity contribution < 1.29 is 4.39 Å². The van der Waals surface area contributed by atoms with Crippen molar-refractivity contribution in [1.29, 1.82) is 0 Å². The summed E-state index contributed by atoms with van der Waals surface area (Å²) in [5.41, 5.74) is 1.29. The zero-order chi connectivity index (χ0) is 15.0. The Labute approximate surface area is 130 Å². The third-order valence-electron chi connectivity index (χ3n) is 3.13. The van der Waals surface area contributed by atoms with Crippen molar-refractivity contribution in [3.05, 3.63) is 40.9 Å². The molecule has 0 bridgehead atoms. The number of hydrogen-bond acceptors (Lipinski definition) is 3. The summed E-state index contributed by atoms with van der Waals surface area (Å²) >= 11 is 11.7. The van der Waals surface area contributed by atoms with Crippen LogP contribution in [-0.2, 0) is 20.0 Å². The van der Waals surface area contributed by atoms with Crippen LogP contribution in [0.1, 0.15) is 11.6 Å². The Morgan fingerprint density at radius 2 is 2.14 bits per heavy atom. The highest BCUT2D eigenvalue weighted by molar-refractivity contribution is 6.31. The first-order chi connectivity index (χ1) is 10.1. The Balaban J connectivity index is 2.12. The summed E-state index contributed by atoms with van der Waals surface area (Å²) < 4.78 is 17.1. The number of benzene rings is 1. The minimum atomic E-state index is -0.484. The predicted octanol–water partition coefficient (Wildman–Crippen LogP) is 2.79. The summed E-state index contributed by atoms with van der Waals surface area (Å²) in [4.78, 5) is 8.63.